The fourth-order valence-corrected chi connectivity index (χ4v) is 2.12. The summed E-state index contributed by atoms with van der Waals surface area (Å²) in [7, 11) is 0. The minimum Gasteiger partial charge on any atom is -0.384 e. The van der Waals surface area contributed by atoms with Crippen molar-refractivity contribution >= 4 is 17.3 Å². The summed E-state index contributed by atoms with van der Waals surface area (Å²) in [4.78, 5) is 0. The Hall–Kier alpha value is -0.690. The first-order chi connectivity index (χ1) is 5.70. The van der Waals surface area contributed by atoms with E-state index in [1.54, 1.807) is 0 Å². The van der Waals surface area contributed by atoms with Crippen LogP contribution >= 0.6 is 11.6 Å². The van der Waals surface area contributed by atoms with Crippen molar-refractivity contribution in [2.45, 2.75) is 19.8 Å². The van der Waals surface area contributed by atoms with Crippen molar-refractivity contribution in [3.63, 3.8) is 0 Å². The van der Waals surface area contributed by atoms with Crippen LogP contribution in [0.15, 0.2) is 12.1 Å². The van der Waals surface area contributed by atoms with Crippen LogP contribution in [-0.4, -0.2) is 6.54 Å². The van der Waals surface area contributed by atoms with Crippen molar-refractivity contribution in [3.05, 3.63) is 28.3 Å². The van der Waals surface area contributed by atoms with Crippen LogP contribution in [0, 0.1) is 6.92 Å². The Morgan fingerprint density at radius 2 is 2.25 bits per heavy atom. The second kappa shape index (κ2) is 2.67. The quantitative estimate of drug-likeness (QED) is 0.649. The maximum absolute atomic E-state index is 6.10. The molecule has 0 spiro atoms. The van der Waals surface area contributed by atoms with Crippen molar-refractivity contribution < 1.29 is 0 Å². The van der Waals surface area contributed by atoms with Gasteiger partial charge in [-0.25, -0.2) is 0 Å². The topological polar surface area (TPSA) is 12.0 Å². The van der Waals surface area contributed by atoms with Gasteiger partial charge < -0.3 is 5.32 Å². The molecule has 12 heavy (non-hydrogen) atoms. The van der Waals surface area contributed by atoms with E-state index in [1.807, 2.05) is 6.07 Å². The lowest BCUT2D eigenvalue weighted by atomic mass is 10.0. The van der Waals surface area contributed by atoms with Crippen molar-refractivity contribution in [2.75, 3.05) is 11.9 Å². The fourth-order valence-electron chi connectivity index (χ4n) is 1.78. The Morgan fingerprint density at radius 1 is 1.50 bits per heavy atom. The van der Waals surface area contributed by atoms with Gasteiger partial charge in [0.25, 0.3) is 0 Å². The monoisotopic (exact) mass is 181 g/mol. The standard InChI is InChI=1S/C10H12ClN/c1-6-3-4-8(11)9-7(2)5-12-10(6)9/h3-4,7,12H,5H2,1-2H3. The van der Waals surface area contributed by atoms with Crippen molar-refractivity contribution in [2.24, 2.45) is 0 Å². The van der Waals surface area contributed by atoms with Crippen LogP contribution in [0.3, 0.4) is 0 Å². The Kier molecular flexibility index (Phi) is 1.76. The van der Waals surface area contributed by atoms with Crippen LogP contribution < -0.4 is 5.32 Å². The predicted molar refractivity (Wildman–Crippen MR) is 53.1 cm³/mol. The summed E-state index contributed by atoms with van der Waals surface area (Å²) in [5.41, 5.74) is 3.82. The molecule has 1 aliphatic rings. The van der Waals surface area contributed by atoms with Gasteiger partial charge in [-0.2, -0.15) is 0 Å². The van der Waals surface area contributed by atoms with Gasteiger partial charge in [0.1, 0.15) is 0 Å². The molecule has 1 aliphatic heterocycles. The van der Waals surface area contributed by atoms with E-state index in [0.29, 0.717) is 5.92 Å². The Balaban J connectivity index is 2.64. The highest BCUT2D eigenvalue weighted by molar-refractivity contribution is 6.32. The average molecular weight is 182 g/mol. The molecule has 0 amide bonds. The number of rotatable bonds is 0. The van der Waals surface area contributed by atoms with Gasteiger partial charge in [0, 0.05) is 23.2 Å². The first-order valence-electron chi connectivity index (χ1n) is 4.23. The molecule has 0 bridgehead atoms. The van der Waals surface area contributed by atoms with E-state index in [1.165, 1.54) is 16.8 Å². The van der Waals surface area contributed by atoms with Crippen LogP contribution in [0.4, 0.5) is 5.69 Å². The van der Waals surface area contributed by atoms with E-state index in [-0.39, 0.29) is 0 Å². The molecule has 2 heteroatoms. The number of hydrogen-bond acceptors (Lipinski definition) is 1. The van der Waals surface area contributed by atoms with Crippen LogP contribution in [0.1, 0.15) is 24.0 Å². The van der Waals surface area contributed by atoms with Crippen molar-refractivity contribution in [3.8, 4) is 0 Å². The second-order valence-corrected chi connectivity index (χ2v) is 3.84. The molecule has 0 saturated heterocycles. The number of anilines is 1. The number of benzene rings is 1. The molecule has 1 nitrogen and oxygen atoms in total. The van der Waals surface area contributed by atoms with Gasteiger partial charge >= 0.3 is 0 Å². The molecule has 1 atom stereocenters. The summed E-state index contributed by atoms with van der Waals surface area (Å²) < 4.78 is 0. The summed E-state index contributed by atoms with van der Waals surface area (Å²) in [6, 6.07) is 4.05. The number of aryl methyl sites for hydroxylation is 1. The normalized spacial score (nSPS) is 20.4. The predicted octanol–water partition coefficient (Wildman–Crippen LogP) is 3.18. The molecule has 0 saturated carbocycles. The summed E-state index contributed by atoms with van der Waals surface area (Å²) in [5.74, 6) is 0.549. The summed E-state index contributed by atoms with van der Waals surface area (Å²) >= 11 is 6.10. The summed E-state index contributed by atoms with van der Waals surface area (Å²) in [6.07, 6.45) is 0. The second-order valence-electron chi connectivity index (χ2n) is 3.43. The molecule has 64 valence electrons. The van der Waals surface area contributed by atoms with E-state index in [4.69, 9.17) is 11.6 Å². The van der Waals surface area contributed by atoms with E-state index in [0.717, 1.165) is 11.6 Å². The highest BCUT2D eigenvalue weighted by Crippen LogP contribution is 2.38. The van der Waals surface area contributed by atoms with Gasteiger partial charge in [-0.1, -0.05) is 24.6 Å². The van der Waals surface area contributed by atoms with Crippen LogP contribution in [-0.2, 0) is 0 Å². The molecular weight excluding hydrogens is 170 g/mol. The van der Waals surface area contributed by atoms with Gasteiger partial charge in [0.15, 0.2) is 0 Å². The fraction of sp³-hybridized carbons (Fsp3) is 0.400. The Morgan fingerprint density at radius 3 is 2.92 bits per heavy atom. The molecule has 1 N–H and O–H groups in total. The maximum Gasteiger partial charge on any atom is 0.0462 e. The van der Waals surface area contributed by atoms with Crippen molar-refractivity contribution in [1.82, 2.24) is 0 Å². The average Bonchev–Trinajstić information content (AvgIpc) is 2.42. The zero-order valence-corrected chi connectivity index (χ0v) is 8.07. The zero-order valence-electron chi connectivity index (χ0n) is 7.32. The van der Waals surface area contributed by atoms with Crippen LogP contribution in [0.2, 0.25) is 5.02 Å². The molecule has 0 aromatic heterocycles. The lowest BCUT2D eigenvalue weighted by molar-refractivity contribution is 0.854. The summed E-state index contributed by atoms with van der Waals surface area (Å²) in [5, 5.41) is 4.27. The van der Waals surface area contributed by atoms with Gasteiger partial charge in [-0.05, 0) is 24.1 Å². The molecule has 0 fully saturated rings. The minimum atomic E-state index is 0.549. The SMILES string of the molecule is Cc1ccc(Cl)c2c1NCC2C. The Labute approximate surface area is 77.7 Å². The largest absolute Gasteiger partial charge is 0.384 e. The third kappa shape index (κ3) is 1.00. The smallest absolute Gasteiger partial charge is 0.0462 e. The van der Waals surface area contributed by atoms with E-state index >= 15 is 0 Å². The number of nitrogens with one attached hydrogen (secondary N) is 1. The molecule has 1 aromatic rings. The summed E-state index contributed by atoms with van der Waals surface area (Å²) in [6.45, 7) is 5.32. The highest BCUT2D eigenvalue weighted by atomic mass is 35.5. The van der Waals surface area contributed by atoms with E-state index in [9.17, 15) is 0 Å². The van der Waals surface area contributed by atoms with E-state index in [2.05, 4.69) is 25.2 Å². The number of hydrogen-bond donors (Lipinski definition) is 1. The number of halogens is 1. The van der Waals surface area contributed by atoms with Gasteiger partial charge in [-0.3, -0.25) is 0 Å². The lowest BCUT2D eigenvalue weighted by Gasteiger charge is -2.07. The minimum absolute atomic E-state index is 0.549. The van der Waals surface area contributed by atoms with Crippen LogP contribution in [0.5, 0.6) is 0 Å². The number of fused-ring (bicyclic) bond motifs is 1. The molecule has 2 rings (SSSR count). The Bertz CT molecular complexity index is 320. The molecule has 1 unspecified atom stereocenters. The first kappa shape index (κ1) is 7.93. The third-order valence-corrected chi connectivity index (χ3v) is 2.81. The molecular formula is C10H12ClN. The van der Waals surface area contributed by atoms with E-state index < -0.39 is 0 Å². The van der Waals surface area contributed by atoms with Gasteiger partial charge in [0.2, 0.25) is 0 Å². The molecule has 0 aliphatic carbocycles. The maximum atomic E-state index is 6.10. The van der Waals surface area contributed by atoms with Crippen molar-refractivity contribution in [1.29, 1.82) is 0 Å². The molecule has 1 heterocycles. The third-order valence-electron chi connectivity index (χ3n) is 2.48. The molecule has 0 radical (unpaired) electrons. The van der Waals surface area contributed by atoms with Crippen LogP contribution in [0.25, 0.3) is 0 Å². The lowest BCUT2D eigenvalue weighted by Crippen LogP contribution is -1.96. The molecule has 1 aromatic carbocycles. The van der Waals surface area contributed by atoms with Gasteiger partial charge in [0.05, 0.1) is 0 Å². The first-order valence-corrected chi connectivity index (χ1v) is 4.61. The highest BCUT2D eigenvalue weighted by Gasteiger charge is 2.21. The zero-order chi connectivity index (χ0) is 8.72. The van der Waals surface area contributed by atoms with Gasteiger partial charge in [-0.15, -0.1) is 0 Å².